The largest absolute Gasteiger partial charge is 0.468 e. The maximum atomic E-state index is 4.92. The van der Waals surface area contributed by atoms with Crippen molar-refractivity contribution in [1.82, 2.24) is 19.9 Å². The van der Waals surface area contributed by atoms with Crippen LogP contribution < -0.4 is 4.74 Å². The summed E-state index contributed by atoms with van der Waals surface area (Å²) in [6.45, 7) is 1.89. The summed E-state index contributed by atoms with van der Waals surface area (Å²) in [5.41, 5.74) is 2.34. The van der Waals surface area contributed by atoms with Gasteiger partial charge in [-0.25, -0.2) is 9.97 Å². The number of hydrogen-bond donors (Lipinski definition) is 1. The number of methoxy groups -OCH3 is 1. The maximum Gasteiger partial charge on any atom is 0.295 e. The molecule has 0 unspecified atom stereocenters. The Morgan fingerprint density at radius 1 is 1.42 bits per heavy atom. The lowest BCUT2D eigenvalue weighted by Gasteiger charge is -1.89. The van der Waals surface area contributed by atoms with Gasteiger partial charge in [0.25, 0.3) is 6.01 Å². The molecule has 1 N–H and O–H groups in total. The molecule has 0 saturated heterocycles. The molecule has 0 aromatic carbocycles. The predicted molar refractivity (Wildman–Crippen MR) is 43.0 cm³/mol. The van der Waals surface area contributed by atoms with Gasteiger partial charge in [-0.1, -0.05) is 0 Å². The number of ether oxygens (including phenoxy) is 1. The molecule has 0 aliphatic rings. The molecular formula is C7H8N4O. The van der Waals surface area contributed by atoms with Gasteiger partial charge in [0, 0.05) is 0 Å². The first-order chi connectivity index (χ1) is 5.81. The zero-order chi connectivity index (χ0) is 8.55. The van der Waals surface area contributed by atoms with Crippen molar-refractivity contribution in [2.24, 2.45) is 0 Å². The summed E-state index contributed by atoms with van der Waals surface area (Å²) in [6.07, 6.45) is 1.48. The van der Waals surface area contributed by atoms with Crippen molar-refractivity contribution >= 4 is 11.2 Å². The quantitative estimate of drug-likeness (QED) is 0.672. The lowest BCUT2D eigenvalue weighted by molar-refractivity contribution is 0.385. The van der Waals surface area contributed by atoms with Crippen molar-refractivity contribution in [3.05, 3.63) is 12.0 Å². The Morgan fingerprint density at radius 3 is 2.92 bits per heavy atom. The maximum absolute atomic E-state index is 4.92. The van der Waals surface area contributed by atoms with E-state index in [0.29, 0.717) is 11.7 Å². The van der Waals surface area contributed by atoms with Crippen LogP contribution in [0.2, 0.25) is 0 Å². The molecule has 5 heteroatoms. The fourth-order valence-corrected chi connectivity index (χ4v) is 1.02. The Bertz CT molecular complexity index is 409. The Morgan fingerprint density at radius 2 is 2.25 bits per heavy atom. The molecule has 12 heavy (non-hydrogen) atoms. The van der Waals surface area contributed by atoms with Crippen molar-refractivity contribution in [3.8, 4) is 6.01 Å². The van der Waals surface area contributed by atoms with E-state index in [0.717, 1.165) is 11.2 Å². The average Bonchev–Trinajstić information content (AvgIpc) is 2.49. The van der Waals surface area contributed by atoms with Gasteiger partial charge in [-0.15, -0.1) is 0 Å². The van der Waals surface area contributed by atoms with Gasteiger partial charge in [0.2, 0.25) is 0 Å². The fraction of sp³-hybridized carbons (Fsp3) is 0.286. The van der Waals surface area contributed by atoms with Gasteiger partial charge >= 0.3 is 0 Å². The topological polar surface area (TPSA) is 63.7 Å². The first-order valence-electron chi connectivity index (χ1n) is 3.52. The zero-order valence-electron chi connectivity index (χ0n) is 6.83. The molecule has 0 saturated carbocycles. The summed E-state index contributed by atoms with van der Waals surface area (Å²) < 4.78 is 4.92. The van der Waals surface area contributed by atoms with Crippen LogP contribution in [-0.2, 0) is 0 Å². The molecule has 0 fully saturated rings. The molecule has 2 aromatic rings. The molecule has 0 aliphatic heterocycles. The van der Waals surface area contributed by atoms with Crippen LogP contribution in [0.4, 0.5) is 0 Å². The Hall–Kier alpha value is -1.65. The Kier molecular flexibility index (Phi) is 1.43. The molecule has 0 spiro atoms. The second-order valence-corrected chi connectivity index (χ2v) is 2.40. The molecule has 0 atom stereocenters. The summed E-state index contributed by atoms with van der Waals surface area (Å²) in [4.78, 5) is 15.0. The smallest absolute Gasteiger partial charge is 0.295 e. The fourth-order valence-electron chi connectivity index (χ4n) is 1.02. The van der Waals surface area contributed by atoms with Crippen LogP contribution in [-0.4, -0.2) is 27.0 Å². The van der Waals surface area contributed by atoms with Crippen LogP contribution >= 0.6 is 0 Å². The number of fused-ring (bicyclic) bond motifs is 1. The van der Waals surface area contributed by atoms with Crippen molar-refractivity contribution in [2.45, 2.75) is 6.92 Å². The van der Waals surface area contributed by atoms with E-state index in [4.69, 9.17) is 4.74 Å². The summed E-state index contributed by atoms with van der Waals surface area (Å²) in [5.74, 6) is 0. The highest BCUT2D eigenvalue weighted by molar-refractivity contribution is 5.73. The number of H-pyrrole nitrogens is 1. The number of hydrogen-bond acceptors (Lipinski definition) is 4. The highest BCUT2D eigenvalue weighted by Gasteiger charge is 2.05. The molecule has 62 valence electrons. The monoisotopic (exact) mass is 164 g/mol. The van der Waals surface area contributed by atoms with Crippen molar-refractivity contribution in [1.29, 1.82) is 0 Å². The van der Waals surface area contributed by atoms with Crippen LogP contribution in [0.5, 0.6) is 6.01 Å². The summed E-state index contributed by atoms with van der Waals surface area (Å²) >= 11 is 0. The number of imidazole rings is 1. The van der Waals surface area contributed by atoms with Gasteiger partial charge in [0.1, 0.15) is 11.8 Å². The third kappa shape index (κ3) is 0.903. The van der Waals surface area contributed by atoms with E-state index in [2.05, 4.69) is 19.9 Å². The molecule has 0 aliphatic carbocycles. The van der Waals surface area contributed by atoms with E-state index in [1.807, 2.05) is 6.92 Å². The normalized spacial score (nSPS) is 10.5. The van der Waals surface area contributed by atoms with E-state index in [9.17, 15) is 0 Å². The number of aromatic amines is 1. The Labute approximate surface area is 68.8 Å². The van der Waals surface area contributed by atoms with E-state index in [1.54, 1.807) is 7.11 Å². The van der Waals surface area contributed by atoms with Gasteiger partial charge < -0.3 is 9.72 Å². The van der Waals surface area contributed by atoms with Gasteiger partial charge in [-0.05, 0) is 6.92 Å². The van der Waals surface area contributed by atoms with E-state index in [-0.39, 0.29) is 0 Å². The molecule has 0 amide bonds. The van der Waals surface area contributed by atoms with Gasteiger partial charge in [0.15, 0.2) is 5.65 Å². The number of aromatic nitrogens is 4. The summed E-state index contributed by atoms with van der Waals surface area (Å²) in [6, 6.07) is 0.466. The molecular weight excluding hydrogens is 156 g/mol. The van der Waals surface area contributed by atoms with E-state index in [1.165, 1.54) is 6.33 Å². The molecule has 2 aromatic heterocycles. The summed E-state index contributed by atoms with van der Waals surface area (Å²) in [5, 5.41) is 0. The number of rotatable bonds is 1. The van der Waals surface area contributed by atoms with Crippen molar-refractivity contribution in [2.75, 3.05) is 7.11 Å². The minimum Gasteiger partial charge on any atom is -0.468 e. The third-order valence-electron chi connectivity index (χ3n) is 1.65. The second kappa shape index (κ2) is 2.44. The van der Waals surface area contributed by atoms with Crippen LogP contribution in [0.3, 0.4) is 0 Å². The van der Waals surface area contributed by atoms with Crippen LogP contribution in [0.25, 0.3) is 11.2 Å². The van der Waals surface area contributed by atoms with Crippen LogP contribution in [0.15, 0.2) is 6.33 Å². The van der Waals surface area contributed by atoms with Gasteiger partial charge in [-0.3, -0.25) is 0 Å². The minimum absolute atomic E-state index is 0.466. The highest BCUT2D eigenvalue weighted by Crippen LogP contribution is 2.14. The third-order valence-corrected chi connectivity index (χ3v) is 1.65. The van der Waals surface area contributed by atoms with Crippen LogP contribution in [0.1, 0.15) is 5.69 Å². The first kappa shape index (κ1) is 7.02. The Balaban J connectivity index is 2.74. The highest BCUT2D eigenvalue weighted by atomic mass is 16.5. The molecule has 5 nitrogen and oxygen atoms in total. The first-order valence-corrected chi connectivity index (χ1v) is 3.52. The standard InChI is InChI=1S/C7H8N4O/c1-4-5-6(9-3-8-4)11-7(10-5)12-2/h3H,1-2H3,(H,8,9,10,11). The molecule has 2 heterocycles. The minimum atomic E-state index is 0.466. The number of nitrogens with zero attached hydrogens (tertiary/aromatic N) is 3. The number of nitrogens with one attached hydrogen (secondary N) is 1. The lowest BCUT2D eigenvalue weighted by Crippen LogP contribution is -1.84. The number of aryl methyl sites for hydroxylation is 1. The average molecular weight is 164 g/mol. The molecule has 0 bridgehead atoms. The van der Waals surface area contributed by atoms with Gasteiger partial charge in [-0.2, -0.15) is 4.98 Å². The molecule has 0 radical (unpaired) electrons. The predicted octanol–water partition coefficient (Wildman–Crippen LogP) is 0.670. The zero-order valence-corrected chi connectivity index (χ0v) is 6.83. The van der Waals surface area contributed by atoms with E-state index < -0.39 is 0 Å². The van der Waals surface area contributed by atoms with Crippen molar-refractivity contribution < 1.29 is 4.74 Å². The van der Waals surface area contributed by atoms with Crippen LogP contribution in [0, 0.1) is 6.92 Å². The van der Waals surface area contributed by atoms with Gasteiger partial charge in [0.05, 0.1) is 12.8 Å². The second-order valence-electron chi connectivity index (χ2n) is 2.40. The lowest BCUT2D eigenvalue weighted by atomic mass is 10.4. The van der Waals surface area contributed by atoms with E-state index >= 15 is 0 Å². The summed E-state index contributed by atoms with van der Waals surface area (Å²) in [7, 11) is 1.56. The molecule has 2 rings (SSSR count). The van der Waals surface area contributed by atoms with Crippen molar-refractivity contribution in [3.63, 3.8) is 0 Å². The SMILES string of the molecule is COc1nc2ncnc(C)c2[nH]1.